The van der Waals surface area contributed by atoms with E-state index in [4.69, 9.17) is 4.74 Å². The number of carbonyl (C=O) groups excluding carboxylic acids is 1. The fourth-order valence-electron chi connectivity index (χ4n) is 7.36. The van der Waals surface area contributed by atoms with Crippen molar-refractivity contribution in [3.8, 4) is 11.3 Å². The molecule has 210 valence electrons. The highest BCUT2D eigenvalue weighted by Gasteiger charge is 2.47. The molecule has 0 radical (unpaired) electrons. The zero-order valence-electron chi connectivity index (χ0n) is 24.7. The maximum Gasteiger partial charge on any atom is 0.233 e. The summed E-state index contributed by atoms with van der Waals surface area (Å²) in [6.45, 7) is 14.1. The van der Waals surface area contributed by atoms with Crippen LogP contribution in [0.4, 0.5) is 0 Å². The minimum absolute atomic E-state index is 0.0112. The van der Waals surface area contributed by atoms with Crippen LogP contribution in [0.5, 0.6) is 0 Å². The Balaban J connectivity index is 1.32. The summed E-state index contributed by atoms with van der Waals surface area (Å²) in [6.07, 6.45) is 7.87. The van der Waals surface area contributed by atoms with Crippen molar-refractivity contribution in [2.24, 2.45) is 0 Å². The molecule has 3 aromatic rings. The number of thiophene rings is 1. The van der Waals surface area contributed by atoms with Gasteiger partial charge in [0.2, 0.25) is 5.91 Å². The van der Waals surface area contributed by atoms with Gasteiger partial charge in [-0.15, -0.1) is 11.3 Å². The first-order chi connectivity index (χ1) is 18.6. The number of likely N-dealkylation sites (tertiary alicyclic amines) is 1. The number of benzene rings is 1. The van der Waals surface area contributed by atoms with Gasteiger partial charge in [-0.2, -0.15) is 0 Å². The van der Waals surface area contributed by atoms with Crippen molar-refractivity contribution < 1.29 is 9.53 Å². The quantitative estimate of drug-likeness (QED) is 0.347. The van der Waals surface area contributed by atoms with E-state index < -0.39 is 5.41 Å². The van der Waals surface area contributed by atoms with Crippen LogP contribution in [0.3, 0.4) is 0 Å². The number of methoxy groups -OCH3 is 1. The van der Waals surface area contributed by atoms with Gasteiger partial charge in [-0.3, -0.25) is 4.79 Å². The third-order valence-electron chi connectivity index (χ3n) is 10.0. The van der Waals surface area contributed by atoms with Crippen molar-refractivity contribution in [1.29, 1.82) is 0 Å². The Hall–Kier alpha value is -2.15. The number of hydrogen-bond acceptors (Lipinski definition) is 4. The van der Waals surface area contributed by atoms with Gasteiger partial charge in [0.05, 0.1) is 16.7 Å². The number of aromatic nitrogens is 1. The van der Waals surface area contributed by atoms with Crippen LogP contribution in [0.15, 0.2) is 24.3 Å². The number of amides is 1. The van der Waals surface area contributed by atoms with Crippen molar-refractivity contribution in [3.63, 3.8) is 0 Å². The number of fused-ring (bicyclic) bond motifs is 3. The molecule has 1 amide bonds. The summed E-state index contributed by atoms with van der Waals surface area (Å²) >= 11 is 1.78. The van der Waals surface area contributed by atoms with E-state index in [2.05, 4.69) is 73.7 Å². The van der Waals surface area contributed by atoms with E-state index in [1.54, 1.807) is 11.3 Å². The zero-order valence-corrected chi connectivity index (χ0v) is 25.5. The van der Waals surface area contributed by atoms with Gasteiger partial charge >= 0.3 is 0 Å². The van der Waals surface area contributed by atoms with E-state index in [-0.39, 0.29) is 5.60 Å². The van der Waals surface area contributed by atoms with Crippen molar-refractivity contribution in [1.82, 2.24) is 14.8 Å². The third-order valence-corrected chi connectivity index (χ3v) is 11.4. The van der Waals surface area contributed by atoms with Gasteiger partial charge in [0.15, 0.2) is 0 Å². The van der Waals surface area contributed by atoms with Gasteiger partial charge < -0.3 is 19.5 Å². The van der Waals surface area contributed by atoms with Gasteiger partial charge in [-0.25, -0.2) is 0 Å². The highest BCUT2D eigenvalue weighted by molar-refractivity contribution is 7.19. The average Bonchev–Trinajstić information content (AvgIpc) is 3.68. The molecule has 0 unspecified atom stereocenters. The van der Waals surface area contributed by atoms with E-state index >= 15 is 0 Å². The van der Waals surface area contributed by atoms with Gasteiger partial charge in [-0.1, -0.05) is 17.2 Å². The molecular formula is C33H45N3O2S. The van der Waals surface area contributed by atoms with E-state index in [1.807, 2.05) is 7.11 Å². The van der Waals surface area contributed by atoms with E-state index in [1.165, 1.54) is 68.7 Å². The van der Waals surface area contributed by atoms with Gasteiger partial charge in [-0.05, 0) is 109 Å². The molecule has 5 heterocycles. The summed E-state index contributed by atoms with van der Waals surface area (Å²) in [5, 5.41) is 1.30. The lowest BCUT2D eigenvalue weighted by Gasteiger charge is -2.38. The molecule has 3 aliphatic rings. The largest absolute Gasteiger partial charge is 0.378 e. The molecule has 0 saturated carbocycles. The van der Waals surface area contributed by atoms with Crippen LogP contribution < -0.4 is 0 Å². The topological polar surface area (TPSA) is 48.6 Å². The van der Waals surface area contributed by atoms with Crippen LogP contribution >= 0.6 is 11.3 Å². The summed E-state index contributed by atoms with van der Waals surface area (Å²) in [5.41, 5.74) is 5.98. The number of carbonyl (C=O) groups is 1. The van der Waals surface area contributed by atoms with E-state index in [0.29, 0.717) is 18.0 Å². The fraction of sp³-hybridized carbons (Fsp3) is 0.606. The van der Waals surface area contributed by atoms with Crippen LogP contribution in [0.25, 0.3) is 21.5 Å². The molecule has 0 spiro atoms. The summed E-state index contributed by atoms with van der Waals surface area (Å²) in [7, 11) is 1.84. The third kappa shape index (κ3) is 4.87. The molecule has 3 saturated heterocycles. The van der Waals surface area contributed by atoms with Crippen molar-refractivity contribution in [3.05, 3.63) is 45.8 Å². The molecule has 39 heavy (non-hydrogen) atoms. The molecule has 0 atom stereocenters. The Bertz CT molecular complexity index is 1340. The van der Waals surface area contributed by atoms with Crippen LogP contribution in [0, 0.1) is 13.8 Å². The number of nitrogens with one attached hydrogen (secondary N) is 1. The Morgan fingerprint density at radius 2 is 1.67 bits per heavy atom. The molecule has 1 N–H and O–H groups in total. The zero-order chi connectivity index (χ0) is 27.5. The molecule has 6 heteroatoms. The number of aryl methyl sites for hydroxylation is 2. The first-order valence-electron chi connectivity index (χ1n) is 14.9. The number of aromatic amines is 1. The second-order valence-electron chi connectivity index (χ2n) is 13.3. The maximum absolute atomic E-state index is 13.9. The number of H-pyrrole nitrogens is 1. The number of nitrogens with zero attached hydrogens (tertiary/aromatic N) is 2. The van der Waals surface area contributed by atoms with Crippen LogP contribution in [0.1, 0.15) is 80.9 Å². The van der Waals surface area contributed by atoms with Gasteiger partial charge in [0.1, 0.15) is 4.83 Å². The van der Waals surface area contributed by atoms with Crippen molar-refractivity contribution in [2.75, 3.05) is 26.7 Å². The predicted octanol–water partition coefficient (Wildman–Crippen LogP) is 6.99. The average molecular weight is 548 g/mol. The second kappa shape index (κ2) is 10.0. The van der Waals surface area contributed by atoms with Crippen LogP contribution in [-0.4, -0.2) is 65.1 Å². The van der Waals surface area contributed by atoms with E-state index in [9.17, 15) is 4.79 Å². The predicted molar refractivity (Wildman–Crippen MR) is 162 cm³/mol. The Labute approximate surface area is 237 Å². The molecule has 2 aromatic heterocycles. The number of piperidine rings is 1. The lowest BCUT2D eigenvalue weighted by atomic mass is 9.88. The Morgan fingerprint density at radius 1 is 1.05 bits per heavy atom. The monoisotopic (exact) mass is 547 g/mol. The van der Waals surface area contributed by atoms with Crippen LogP contribution in [-0.2, 0) is 21.4 Å². The summed E-state index contributed by atoms with van der Waals surface area (Å²) in [5.74, 6) is 0.321. The molecule has 5 nitrogen and oxygen atoms in total. The highest BCUT2D eigenvalue weighted by Crippen LogP contribution is 2.44. The standard InChI is InChI=1S/C33H45N3O2S/c1-21-17-22(2)19-23(18-21)29-26(11-14-35-15-12-33(5,38-6)13-16-35)27-20-28(39-30(27)34-29)32(3,4)31(37)36-24-7-8-25(36)10-9-24/h17-20,24-25,34H,7-16H2,1-6H3. The van der Waals surface area contributed by atoms with Crippen molar-refractivity contribution in [2.45, 2.75) is 103 Å². The SMILES string of the molecule is COC1(C)CCN(CCc2c(-c3cc(C)cc(C)c3)[nH]c3sc(C(C)(C)C(=O)N4C5CCC4CC5)cc23)CC1. The number of hydrogen-bond donors (Lipinski definition) is 1. The summed E-state index contributed by atoms with van der Waals surface area (Å²) in [4.78, 5) is 24.9. The molecule has 0 aliphatic carbocycles. The number of rotatable bonds is 7. The second-order valence-corrected chi connectivity index (χ2v) is 14.3. The molecule has 1 aromatic carbocycles. The lowest BCUT2D eigenvalue weighted by molar-refractivity contribution is -0.137. The smallest absolute Gasteiger partial charge is 0.233 e. The molecule has 3 fully saturated rings. The first-order valence-corrected chi connectivity index (χ1v) is 15.7. The first kappa shape index (κ1) is 27.0. The number of ether oxygens (including phenoxy) is 1. The van der Waals surface area contributed by atoms with Crippen molar-refractivity contribution >= 4 is 27.5 Å². The molecule has 3 aliphatic heterocycles. The fourth-order valence-corrected chi connectivity index (χ4v) is 8.55. The molecule has 6 rings (SSSR count). The summed E-state index contributed by atoms with van der Waals surface area (Å²) < 4.78 is 5.78. The Morgan fingerprint density at radius 3 is 2.26 bits per heavy atom. The summed E-state index contributed by atoms with van der Waals surface area (Å²) in [6, 6.07) is 10.1. The maximum atomic E-state index is 13.9. The van der Waals surface area contributed by atoms with Gasteiger partial charge in [0.25, 0.3) is 0 Å². The van der Waals surface area contributed by atoms with E-state index in [0.717, 1.165) is 38.9 Å². The van der Waals surface area contributed by atoms with Gasteiger partial charge in [0, 0.05) is 49.1 Å². The molecule has 2 bridgehead atoms. The minimum Gasteiger partial charge on any atom is -0.378 e. The van der Waals surface area contributed by atoms with Crippen LogP contribution in [0.2, 0.25) is 0 Å². The normalized spacial score (nSPS) is 23.3. The minimum atomic E-state index is -0.509. The molecular weight excluding hydrogens is 502 g/mol. The highest BCUT2D eigenvalue weighted by atomic mass is 32.1. The Kier molecular flexibility index (Phi) is 6.96. The lowest BCUT2D eigenvalue weighted by Crippen LogP contribution is -2.45.